The van der Waals surface area contributed by atoms with E-state index in [1.807, 2.05) is 0 Å². The van der Waals surface area contributed by atoms with Crippen molar-refractivity contribution in [2.75, 3.05) is 31.5 Å². The van der Waals surface area contributed by atoms with E-state index >= 15 is 0 Å². The molecule has 1 heterocycles. The molecule has 2 rings (SSSR count). The molecule has 126 valence electrons. The van der Waals surface area contributed by atoms with Gasteiger partial charge in [-0.2, -0.15) is 0 Å². The van der Waals surface area contributed by atoms with Crippen molar-refractivity contribution in [3.63, 3.8) is 0 Å². The highest BCUT2D eigenvalue weighted by atomic mass is 16.2. The quantitative estimate of drug-likeness (QED) is 0.760. The summed E-state index contributed by atoms with van der Waals surface area (Å²) in [6.07, 6.45) is 5.66. The van der Waals surface area contributed by atoms with E-state index in [1.54, 1.807) is 24.3 Å². The van der Waals surface area contributed by atoms with Crippen LogP contribution in [0.15, 0.2) is 24.3 Å². The molecule has 0 aliphatic carbocycles. The van der Waals surface area contributed by atoms with Gasteiger partial charge in [-0.3, -0.25) is 14.5 Å². The van der Waals surface area contributed by atoms with Crippen molar-refractivity contribution in [1.82, 2.24) is 10.2 Å². The van der Waals surface area contributed by atoms with Crippen molar-refractivity contribution < 1.29 is 9.59 Å². The predicted molar refractivity (Wildman–Crippen MR) is 92.6 cm³/mol. The van der Waals surface area contributed by atoms with Gasteiger partial charge >= 0.3 is 0 Å². The van der Waals surface area contributed by atoms with Crippen LogP contribution in [-0.4, -0.2) is 42.9 Å². The van der Waals surface area contributed by atoms with E-state index in [0.29, 0.717) is 18.7 Å². The summed E-state index contributed by atoms with van der Waals surface area (Å²) in [5.74, 6) is -0.0586. The van der Waals surface area contributed by atoms with Crippen LogP contribution in [-0.2, 0) is 4.79 Å². The number of hydrogen-bond donors (Lipinski definition) is 2. The number of nitrogens with zero attached hydrogens (tertiary/aromatic N) is 1. The fourth-order valence-corrected chi connectivity index (χ4v) is 2.71. The standard InChI is InChI=1S/C18H27N3O2/c1-2-3-11-19-18(23)15-7-9-16(10-8-15)20-17(22)14-21-12-5-4-6-13-21/h7-10H,2-6,11-14H2,1H3,(H,19,23)(H,20,22). The number of rotatable bonds is 7. The number of benzene rings is 1. The van der Waals surface area contributed by atoms with Gasteiger partial charge in [-0.25, -0.2) is 0 Å². The van der Waals surface area contributed by atoms with E-state index in [9.17, 15) is 9.59 Å². The van der Waals surface area contributed by atoms with E-state index in [1.165, 1.54) is 19.3 Å². The number of piperidine rings is 1. The first-order valence-corrected chi connectivity index (χ1v) is 8.59. The smallest absolute Gasteiger partial charge is 0.251 e. The Morgan fingerprint density at radius 2 is 1.78 bits per heavy atom. The maximum absolute atomic E-state index is 12.0. The first-order valence-electron chi connectivity index (χ1n) is 8.59. The Hall–Kier alpha value is -1.88. The average Bonchev–Trinajstić information content (AvgIpc) is 2.56. The van der Waals surface area contributed by atoms with Crippen LogP contribution < -0.4 is 10.6 Å². The zero-order valence-corrected chi connectivity index (χ0v) is 13.9. The second-order valence-corrected chi connectivity index (χ2v) is 6.07. The van der Waals surface area contributed by atoms with Crippen molar-refractivity contribution in [1.29, 1.82) is 0 Å². The SMILES string of the molecule is CCCCNC(=O)c1ccc(NC(=O)CN2CCCCC2)cc1. The summed E-state index contributed by atoms with van der Waals surface area (Å²) < 4.78 is 0. The Morgan fingerprint density at radius 1 is 1.09 bits per heavy atom. The number of carbonyl (C=O) groups is 2. The minimum Gasteiger partial charge on any atom is -0.352 e. The van der Waals surface area contributed by atoms with Gasteiger partial charge in [0.25, 0.3) is 5.91 Å². The van der Waals surface area contributed by atoms with Gasteiger partial charge < -0.3 is 10.6 Å². The lowest BCUT2D eigenvalue weighted by Crippen LogP contribution is -2.36. The molecule has 1 aromatic carbocycles. The zero-order chi connectivity index (χ0) is 16.5. The van der Waals surface area contributed by atoms with Crippen molar-refractivity contribution in [3.8, 4) is 0 Å². The maximum atomic E-state index is 12.0. The zero-order valence-electron chi connectivity index (χ0n) is 13.9. The molecule has 5 heteroatoms. The third kappa shape index (κ3) is 6.02. The topological polar surface area (TPSA) is 61.4 Å². The molecule has 0 radical (unpaired) electrons. The molecule has 1 fully saturated rings. The van der Waals surface area contributed by atoms with Crippen molar-refractivity contribution >= 4 is 17.5 Å². The molecule has 0 bridgehead atoms. The molecule has 1 saturated heterocycles. The molecular weight excluding hydrogens is 290 g/mol. The Bertz CT molecular complexity index is 508. The third-order valence-corrected chi connectivity index (χ3v) is 4.06. The second kappa shape index (κ2) is 9.30. The number of unbranched alkanes of at least 4 members (excludes halogenated alkanes) is 1. The van der Waals surface area contributed by atoms with E-state index in [0.717, 1.165) is 31.6 Å². The number of amides is 2. The number of hydrogen-bond acceptors (Lipinski definition) is 3. The minimum atomic E-state index is -0.0651. The number of carbonyl (C=O) groups excluding carboxylic acids is 2. The summed E-state index contributed by atoms with van der Waals surface area (Å²) in [7, 11) is 0. The Morgan fingerprint density at radius 3 is 2.43 bits per heavy atom. The van der Waals surface area contributed by atoms with Crippen molar-refractivity contribution in [3.05, 3.63) is 29.8 Å². The van der Waals surface area contributed by atoms with Crippen LogP contribution in [0, 0.1) is 0 Å². The van der Waals surface area contributed by atoms with Gasteiger partial charge in [-0.05, 0) is 56.6 Å². The van der Waals surface area contributed by atoms with E-state index in [4.69, 9.17) is 0 Å². The van der Waals surface area contributed by atoms with Crippen molar-refractivity contribution in [2.45, 2.75) is 39.0 Å². The monoisotopic (exact) mass is 317 g/mol. The summed E-state index contributed by atoms with van der Waals surface area (Å²) >= 11 is 0. The molecule has 0 unspecified atom stereocenters. The maximum Gasteiger partial charge on any atom is 0.251 e. The van der Waals surface area contributed by atoms with Crippen LogP contribution >= 0.6 is 0 Å². The minimum absolute atomic E-state index is 0.00653. The van der Waals surface area contributed by atoms with Gasteiger partial charge in [0, 0.05) is 17.8 Å². The van der Waals surface area contributed by atoms with Crippen molar-refractivity contribution in [2.24, 2.45) is 0 Å². The van der Waals surface area contributed by atoms with E-state index in [-0.39, 0.29) is 11.8 Å². The van der Waals surface area contributed by atoms with E-state index < -0.39 is 0 Å². The molecule has 0 spiro atoms. The largest absolute Gasteiger partial charge is 0.352 e. The van der Waals surface area contributed by atoms with Gasteiger partial charge in [0.2, 0.25) is 5.91 Å². The van der Waals surface area contributed by atoms with Crippen LogP contribution in [0.4, 0.5) is 5.69 Å². The Balaban J connectivity index is 1.79. The summed E-state index contributed by atoms with van der Waals surface area (Å²) in [6, 6.07) is 7.06. The normalized spacial score (nSPS) is 15.2. The molecule has 1 aliphatic rings. The van der Waals surface area contributed by atoms with Gasteiger partial charge in [-0.1, -0.05) is 19.8 Å². The number of likely N-dealkylation sites (tertiary alicyclic amines) is 1. The Labute approximate surface area is 138 Å². The average molecular weight is 317 g/mol. The second-order valence-electron chi connectivity index (χ2n) is 6.07. The van der Waals surface area contributed by atoms with Crippen LogP contribution in [0.2, 0.25) is 0 Å². The summed E-state index contributed by atoms with van der Waals surface area (Å²) in [5, 5.41) is 5.78. The summed E-state index contributed by atoms with van der Waals surface area (Å²) in [5.41, 5.74) is 1.35. The number of anilines is 1. The van der Waals surface area contributed by atoms with Crippen LogP contribution in [0.3, 0.4) is 0 Å². The molecule has 23 heavy (non-hydrogen) atoms. The van der Waals surface area contributed by atoms with Crippen LogP contribution in [0.5, 0.6) is 0 Å². The molecule has 0 saturated carbocycles. The first-order chi connectivity index (χ1) is 11.2. The van der Waals surface area contributed by atoms with Gasteiger partial charge in [-0.15, -0.1) is 0 Å². The molecule has 0 atom stereocenters. The van der Waals surface area contributed by atoms with Crippen LogP contribution in [0.1, 0.15) is 49.4 Å². The predicted octanol–water partition coefficient (Wildman–Crippen LogP) is 2.64. The molecule has 1 aliphatic heterocycles. The van der Waals surface area contributed by atoms with Crippen LogP contribution in [0.25, 0.3) is 0 Å². The van der Waals surface area contributed by atoms with E-state index in [2.05, 4.69) is 22.5 Å². The highest BCUT2D eigenvalue weighted by molar-refractivity contribution is 5.96. The highest BCUT2D eigenvalue weighted by Gasteiger charge is 2.14. The fourth-order valence-electron chi connectivity index (χ4n) is 2.71. The van der Waals surface area contributed by atoms with Gasteiger partial charge in [0.1, 0.15) is 0 Å². The lowest BCUT2D eigenvalue weighted by molar-refractivity contribution is -0.117. The fraction of sp³-hybridized carbons (Fsp3) is 0.556. The summed E-state index contributed by atoms with van der Waals surface area (Å²) in [6.45, 7) is 5.24. The van der Waals surface area contributed by atoms with Gasteiger partial charge in [0.05, 0.1) is 6.54 Å². The molecule has 2 amide bonds. The summed E-state index contributed by atoms with van der Waals surface area (Å²) in [4.78, 5) is 26.1. The number of nitrogens with one attached hydrogen (secondary N) is 2. The molecule has 2 N–H and O–H groups in total. The lowest BCUT2D eigenvalue weighted by Gasteiger charge is -2.25. The molecule has 0 aromatic heterocycles. The molecule has 5 nitrogen and oxygen atoms in total. The lowest BCUT2D eigenvalue weighted by atomic mass is 10.1. The molecular formula is C18H27N3O2. The van der Waals surface area contributed by atoms with Gasteiger partial charge in [0.15, 0.2) is 0 Å². The first kappa shape index (κ1) is 17.5. The Kier molecular flexibility index (Phi) is 7.07. The third-order valence-electron chi connectivity index (χ3n) is 4.06. The highest BCUT2D eigenvalue weighted by Crippen LogP contribution is 2.11. The molecule has 1 aromatic rings.